The highest BCUT2D eigenvalue weighted by Crippen LogP contribution is 2.30. The molecule has 0 fully saturated rings. The van der Waals surface area contributed by atoms with E-state index in [1.807, 2.05) is 47.1 Å². The second kappa shape index (κ2) is 6.32. The molecule has 5 nitrogen and oxygen atoms in total. The average Bonchev–Trinajstić information content (AvgIpc) is 2.98. The van der Waals surface area contributed by atoms with E-state index in [1.165, 1.54) is 0 Å². The highest BCUT2D eigenvalue weighted by Gasteiger charge is 2.14. The molecule has 0 saturated carbocycles. The number of benzene rings is 2. The molecule has 5 heteroatoms. The molecule has 0 aliphatic carbocycles. The Morgan fingerprint density at radius 2 is 1.77 bits per heavy atom. The number of nitrogens with one attached hydrogen (secondary N) is 1. The van der Waals surface area contributed by atoms with Crippen LogP contribution in [0.25, 0.3) is 16.9 Å². The van der Waals surface area contributed by atoms with Gasteiger partial charge in [-0.2, -0.15) is 5.10 Å². The Balaban J connectivity index is 2.10. The van der Waals surface area contributed by atoms with Crippen molar-refractivity contribution < 1.29 is 5.11 Å². The molecule has 0 radical (unpaired) electrons. The Morgan fingerprint density at radius 1 is 1.05 bits per heavy atom. The smallest absolute Gasteiger partial charge is 0.115 e. The first kappa shape index (κ1) is 14.2. The lowest BCUT2D eigenvalue weighted by molar-refractivity contribution is 0.475. The molecule has 0 bridgehead atoms. The standard InChI is InChI=1S/C17H18N4O/c18-10-11-19-16-12-20-21(14-6-8-15(22)9-7-14)17(16)13-4-2-1-3-5-13/h1-9,12,19,22H,10-11,18H2. The quantitative estimate of drug-likeness (QED) is 0.676. The molecule has 112 valence electrons. The maximum Gasteiger partial charge on any atom is 0.115 e. The predicted molar refractivity (Wildman–Crippen MR) is 88.2 cm³/mol. The fourth-order valence-electron chi connectivity index (χ4n) is 2.35. The van der Waals surface area contributed by atoms with Gasteiger partial charge in [0, 0.05) is 18.7 Å². The van der Waals surface area contributed by atoms with Crippen molar-refractivity contribution in [1.29, 1.82) is 0 Å². The maximum absolute atomic E-state index is 9.46. The number of rotatable bonds is 5. The summed E-state index contributed by atoms with van der Waals surface area (Å²) in [5, 5.41) is 17.2. The fourth-order valence-corrected chi connectivity index (χ4v) is 2.35. The van der Waals surface area contributed by atoms with E-state index < -0.39 is 0 Å². The van der Waals surface area contributed by atoms with Gasteiger partial charge in [-0.05, 0) is 24.3 Å². The molecule has 2 aromatic carbocycles. The Labute approximate surface area is 129 Å². The van der Waals surface area contributed by atoms with Crippen molar-refractivity contribution in [1.82, 2.24) is 9.78 Å². The van der Waals surface area contributed by atoms with E-state index in [0.717, 1.165) is 22.6 Å². The van der Waals surface area contributed by atoms with E-state index in [1.54, 1.807) is 18.3 Å². The number of aromatic hydroxyl groups is 1. The van der Waals surface area contributed by atoms with Crippen LogP contribution in [0.5, 0.6) is 5.75 Å². The van der Waals surface area contributed by atoms with E-state index >= 15 is 0 Å². The van der Waals surface area contributed by atoms with E-state index in [4.69, 9.17) is 5.73 Å². The van der Waals surface area contributed by atoms with Gasteiger partial charge in [-0.25, -0.2) is 4.68 Å². The van der Waals surface area contributed by atoms with Gasteiger partial charge in [0.05, 0.1) is 23.3 Å². The van der Waals surface area contributed by atoms with Crippen LogP contribution >= 0.6 is 0 Å². The van der Waals surface area contributed by atoms with Gasteiger partial charge in [0.1, 0.15) is 5.75 Å². The summed E-state index contributed by atoms with van der Waals surface area (Å²) in [6.07, 6.45) is 1.80. The summed E-state index contributed by atoms with van der Waals surface area (Å²) in [6, 6.07) is 17.0. The number of hydrogen-bond acceptors (Lipinski definition) is 4. The van der Waals surface area contributed by atoms with Gasteiger partial charge in [0.2, 0.25) is 0 Å². The predicted octanol–water partition coefficient (Wildman–Crippen LogP) is 2.62. The highest BCUT2D eigenvalue weighted by atomic mass is 16.3. The molecule has 0 spiro atoms. The van der Waals surface area contributed by atoms with Crippen LogP contribution < -0.4 is 11.1 Å². The SMILES string of the molecule is NCCNc1cnn(-c2ccc(O)cc2)c1-c1ccccc1. The zero-order chi connectivity index (χ0) is 15.4. The van der Waals surface area contributed by atoms with Gasteiger partial charge in [-0.15, -0.1) is 0 Å². The highest BCUT2D eigenvalue weighted by molar-refractivity contribution is 5.76. The molecule has 4 N–H and O–H groups in total. The van der Waals surface area contributed by atoms with Crippen LogP contribution in [0.2, 0.25) is 0 Å². The third-order valence-electron chi connectivity index (χ3n) is 3.37. The Morgan fingerprint density at radius 3 is 2.45 bits per heavy atom. The molecule has 1 aromatic heterocycles. The zero-order valence-corrected chi connectivity index (χ0v) is 12.1. The molecule has 0 amide bonds. The van der Waals surface area contributed by atoms with Gasteiger partial charge >= 0.3 is 0 Å². The molecule has 0 aliphatic rings. The number of nitrogens with two attached hydrogens (primary N) is 1. The van der Waals surface area contributed by atoms with Crippen LogP contribution in [-0.4, -0.2) is 28.0 Å². The Kier molecular flexibility index (Phi) is 4.07. The van der Waals surface area contributed by atoms with E-state index in [0.29, 0.717) is 13.1 Å². The normalized spacial score (nSPS) is 10.6. The number of phenolic OH excluding ortho intramolecular Hbond substituents is 1. The van der Waals surface area contributed by atoms with E-state index in [2.05, 4.69) is 10.4 Å². The van der Waals surface area contributed by atoms with Crippen molar-refractivity contribution in [3.63, 3.8) is 0 Å². The largest absolute Gasteiger partial charge is 0.508 e. The minimum Gasteiger partial charge on any atom is -0.508 e. The van der Waals surface area contributed by atoms with Crippen LogP contribution in [0.15, 0.2) is 60.8 Å². The monoisotopic (exact) mass is 294 g/mol. The van der Waals surface area contributed by atoms with Gasteiger partial charge in [-0.1, -0.05) is 30.3 Å². The zero-order valence-electron chi connectivity index (χ0n) is 12.1. The third-order valence-corrected chi connectivity index (χ3v) is 3.37. The van der Waals surface area contributed by atoms with Crippen molar-refractivity contribution in [2.75, 3.05) is 18.4 Å². The maximum atomic E-state index is 9.46. The summed E-state index contributed by atoms with van der Waals surface area (Å²) in [5.74, 6) is 0.235. The van der Waals surface area contributed by atoms with Gasteiger partial charge in [-0.3, -0.25) is 0 Å². The minimum absolute atomic E-state index is 0.235. The van der Waals surface area contributed by atoms with Gasteiger partial charge in [0.25, 0.3) is 0 Å². The van der Waals surface area contributed by atoms with Gasteiger partial charge in [0.15, 0.2) is 0 Å². The van der Waals surface area contributed by atoms with Crippen molar-refractivity contribution in [3.8, 4) is 22.7 Å². The number of anilines is 1. The average molecular weight is 294 g/mol. The van der Waals surface area contributed by atoms with E-state index in [9.17, 15) is 5.11 Å². The number of phenols is 1. The molecule has 0 aliphatic heterocycles. The molecular formula is C17H18N4O. The number of nitrogens with zero attached hydrogens (tertiary/aromatic N) is 2. The molecule has 3 rings (SSSR count). The molecule has 0 unspecified atom stereocenters. The van der Waals surface area contributed by atoms with Crippen molar-refractivity contribution >= 4 is 5.69 Å². The van der Waals surface area contributed by atoms with Crippen LogP contribution in [0.1, 0.15) is 0 Å². The summed E-state index contributed by atoms with van der Waals surface area (Å²) >= 11 is 0. The molecule has 3 aromatic rings. The summed E-state index contributed by atoms with van der Waals surface area (Å²) in [7, 11) is 0. The molecule has 1 heterocycles. The van der Waals surface area contributed by atoms with Crippen LogP contribution in [0.4, 0.5) is 5.69 Å². The van der Waals surface area contributed by atoms with Crippen molar-refractivity contribution in [2.45, 2.75) is 0 Å². The second-order valence-corrected chi connectivity index (χ2v) is 4.92. The molecule has 0 saturated heterocycles. The number of aromatic nitrogens is 2. The fraction of sp³-hybridized carbons (Fsp3) is 0.118. The minimum atomic E-state index is 0.235. The first-order valence-corrected chi connectivity index (χ1v) is 7.16. The van der Waals surface area contributed by atoms with Crippen LogP contribution in [-0.2, 0) is 0 Å². The lowest BCUT2D eigenvalue weighted by atomic mass is 10.1. The van der Waals surface area contributed by atoms with Crippen LogP contribution in [0, 0.1) is 0 Å². The Hall–Kier alpha value is -2.79. The molecule has 0 atom stereocenters. The topological polar surface area (TPSA) is 76.1 Å². The number of hydrogen-bond donors (Lipinski definition) is 3. The molecular weight excluding hydrogens is 276 g/mol. The van der Waals surface area contributed by atoms with Gasteiger partial charge < -0.3 is 16.2 Å². The summed E-state index contributed by atoms with van der Waals surface area (Å²) in [4.78, 5) is 0. The van der Waals surface area contributed by atoms with Crippen LogP contribution in [0.3, 0.4) is 0 Å². The first-order valence-electron chi connectivity index (χ1n) is 7.16. The summed E-state index contributed by atoms with van der Waals surface area (Å²) in [6.45, 7) is 1.24. The van der Waals surface area contributed by atoms with Crippen molar-refractivity contribution in [3.05, 3.63) is 60.8 Å². The first-order chi connectivity index (χ1) is 10.8. The summed E-state index contributed by atoms with van der Waals surface area (Å²) in [5.41, 5.74) is 9.44. The lowest BCUT2D eigenvalue weighted by Gasteiger charge is -2.11. The van der Waals surface area contributed by atoms with E-state index in [-0.39, 0.29) is 5.75 Å². The lowest BCUT2D eigenvalue weighted by Crippen LogP contribution is -2.13. The molecule has 22 heavy (non-hydrogen) atoms. The summed E-state index contributed by atoms with van der Waals surface area (Å²) < 4.78 is 1.85. The third kappa shape index (κ3) is 2.80. The Bertz CT molecular complexity index is 735. The van der Waals surface area contributed by atoms with Crippen molar-refractivity contribution in [2.24, 2.45) is 5.73 Å². The second-order valence-electron chi connectivity index (χ2n) is 4.92.